The van der Waals surface area contributed by atoms with Crippen molar-refractivity contribution in [3.63, 3.8) is 0 Å². The number of benzene rings is 2. The van der Waals surface area contributed by atoms with Gasteiger partial charge < -0.3 is 5.11 Å². The summed E-state index contributed by atoms with van der Waals surface area (Å²) in [5.74, 6) is -0.315. The molecule has 0 aliphatic rings. The molecule has 2 aromatic carbocycles. The van der Waals surface area contributed by atoms with Gasteiger partial charge in [0.1, 0.15) is 0 Å². The van der Waals surface area contributed by atoms with Crippen molar-refractivity contribution in [3.05, 3.63) is 69.4 Å². The number of rotatable bonds is 3. The van der Waals surface area contributed by atoms with Crippen LogP contribution in [0, 0.1) is 24.0 Å². The lowest BCUT2D eigenvalue weighted by Gasteiger charge is -2.09. The van der Waals surface area contributed by atoms with Crippen LogP contribution in [0.15, 0.2) is 47.5 Å². The first kappa shape index (κ1) is 15.6. The predicted octanol–water partition coefficient (Wildman–Crippen LogP) is 3.58. The number of non-ortho nitro benzene ring substituents is 1. The monoisotopic (exact) mass is 320 g/mol. The van der Waals surface area contributed by atoms with Crippen molar-refractivity contribution in [2.75, 3.05) is 0 Å². The number of fused-ring (bicyclic) bond motifs is 1. The summed E-state index contributed by atoms with van der Waals surface area (Å²) in [7, 11) is 0. The number of nitrogens with zero attached hydrogens (tertiary/aromatic N) is 3. The first-order chi connectivity index (χ1) is 11.5. The summed E-state index contributed by atoms with van der Waals surface area (Å²) in [6.45, 7) is 3.91. The van der Waals surface area contributed by atoms with Gasteiger partial charge in [0.05, 0.1) is 16.1 Å². The van der Waals surface area contributed by atoms with E-state index in [0.717, 1.165) is 22.2 Å². The van der Waals surface area contributed by atoms with Gasteiger partial charge in [0.15, 0.2) is 0 Å². The number of nitro groups is 1. The number of aliphatic imine (C=N–C) groups is 1. The average molecular weight is 320 g/mol. The van der Waals surface area contributed by atoms with Crippen molar-refractivity contribution >= 4 is 28.5 Å². The van der Waals surface area contributed by atoms with Crippen LogP contribution in [0.4, 0.5) is 11.4 Å². The first-order valence-electron chi connectivity index (χ1n) is 7.32. The van der Waals surface area contributed by atoms with Gasteiger partial charge in [-0.2, -0.15) is 0 Å². The van der Waals surface area contributed by atoms with E-state index in [1.165, 1.54) is 24.4 Å². The second kappa shape index (κ2) is 6.08. The van der Waals surface area contributed by atoms with E-state index in [9.17, 15) is 15.2 Å². The van der Waals surface area contributed by atoms with Crippen LogP contribution in [0.5, 0.6) is 5.75 Å². The van der Waals surface area contributed by atoms with Crippen molar-refractivity contribution in [2.24, 2.45) is 4.99 Å². The molecule has 1 aromatic heterocycles. The van der Waals surface area contributed by atoms with Crippen LogP contribution in [0.2, 0.25) is 0 Å². The molecule has 0 radical (unpaired) electrons. The Bertz CT molecular complexity index is 981. The van der Waals surface area contributed by atoms with Gasteiger partial charge in [-0.15, -0.1) is 0 Å². The zero-order valence-corrected chi connectivity index (χ0v) is 13.2. The summed E-state index contributed by atoms with van der Waals surface area (Å²) < 4.78 is 0. The molecule has 0 saturated heterocycles. The lowest BCUT2D eigenvalue weighted by atomic mass is 10.1. The van der Waals surface area contributed by atoms with Gasteiger partial charge >= 0.3 is 0 Å². The molecule has 0 saturated carbocycles. The number of aromatic nitrogens is 1. The van der Waals surface area contributed by atoms with Gasteiger partial charge in [0.2, 0.25) is 0 Å². The van der Waals surface area contributed by atoms with Crippen LogP contribution in [-0.4, -0.2) is 16.1 Å². The van der Waals surface area contributed by atoms with Gasteiger partial charge in [-0.05, 0) is 37.1 Å². The molecule has 0 N–H and O–H groups in total. The molecule has 0 aliphatic heterocycles. The van der Waals surface area contributed by atoms with Crippen LogP contribution in [0.3, 0.4) is 0 Å². The topological polar surface area (TPSA) is 91.5 Å². The van der Waals surface area contributed by atoms with Crippen LogP contribution in [-0.2, 0) is 0 Å². The molecule has 0 atom stereocenters. The summed E-state index contributed by atoms with van der Waals surface area (Å²) in [5.41, 5.74) is 3.36. The second-order valence-electron chi connectivity index (χ2n) is 5.49. The smallest absolute Gasteiger partial charge is 0.270 e. The Hall–Kier alpha value is -3.28. The number of nitro benzene ring substituents is 1. The Labute approximate surface area is 138 Å². The number of hydrogen-bond donors (Lipinski definition) is 0. The SMILES string of the molecule is Cc1cc(C)c2cccc(N=Cc3cc([N+](=O)[O-])ccc3[O-])c2n1. The summed E-state index contributed by atoms with van der Waals surface area (Å²) >= 11 is 0. The average Bonchev–Trinajstić information content (AvgIpc) is 2.54. The molecular weight excluding hydrogens is 306 g/mol. The number of para-hydroxylation sites is 1. The van der Waals surface area contributed by atoms with Crippen molar-refractivity contribution in [1.82, 2.24) is 4.98 Å². The van der Waals surface area contributed by atoms with Gasteiger partial charge in [0.25, 0.3) is 5.69 Å². The molecule has 1 heterocycles. The maximum atomic E-state index is 11.9. The largest absolute Gasteiger partial charge is 0.872 e. The molecule has 6 nitrogen and oxygen atoms in total. The normalized spacial score (nSPS) is 11.2. The summed E-state index contributed by atoms with van der Waals surface area (Å²) in [6, 6.07) is 11.2. The third kappa shape index (κ3) is 2.94. The van der Waals surface area contributed by atoms with Crippen molar-refractivity contribution < 1.29 is 10.0 Å². The fourth-order valence-electron chi connectivity index (χ4n) is 2.56. The Kier molecular flexibility index (Phi) is 3.95. The molecule has 0 spiro atoms. The highest BCUT2D eigenvalue weighted by molar-refractivity contribution is 5.95. The van der Waals surface area contributed by atoms with Gasteiger partial charge in [0, 0.05) is 29.4 Å². The second-order valence-corrected chi connectivity index (χ2v) is 5.49. The highest BCUT2D eigenvalue weighted by Crippen LogP contribution is 2.27. The van der Waals surface area contributed by atoms with E-state index < -0.39 is 4.92 Å². The number of aryl methyl sites for hydroxylation is 2. The standard InChI is InChI=1S/C18H15N3O3/c1-11-8-12(2)20-18-15(11)4-3-5-16(18)19-10-13-9-14(21(23)24)6-7-17(13)22/h3-10,22H,1-2H3/p-1. The molecule has 0 bridgehead atoms. The minimum Gasteiger partial charge on any atom is -0.872 e. The lowest BCUT2D eigenvalue weighted by molar-refractivity contribution is -0.385. The van der Waals surface area contributed by atoms with E-state index in [0.29, 0.717) is 5.69 Å². The Morgan fingerprint density at radius 2 is 1.96 bits per heavy atom. The highest BCUT2D eigenvalue weighted by Gasteiger charge is 2.07. The fraction of sp³-hybridized carbons (Fsp3) is 0.111. The van der Waals surface area contributed by atoms with E-state index in [1.54, 1.807) is 6.07 Å². The zero-order chi connectivity index (χ0) is 17.3. The zero-order valence-electron chi connectivity index (χ0n) is 13.2. The minimum absolute atomic E-state index is 0.140. The van der Waals surface area contributed by atoms with Gasteiger partial charge in [-0.3, -0.25) is 20.1 Å². The van der Waals surface area contributed by atoms with Crippen molar-refractivity contribution in [1.29, 1.82) is 0 Å². The van der Waals surface area contributed by atoms with E-state index in [1.807, 2.05) is 32.0 Å². The molecule has 3 aromatic rings. The lowest BCUT2D eigenvalue weighted by Crippen LogP contribution is -1.98. The molecule has 3 rings (SSSR count). The third-order valence-electron chi connectivity index (χ3n) is 3.70. The van der Waals surface area contributed by atoms with E-state index in [-0.39, 0.29) is 17.0 Å². The third-order valence-corrected chi connectivity index (χ3v) is 3.70. The molecular formula is C18H14N3O3-. The number of pyridine rings is 1. The molecule has 24 heavy (non-hydrogen) atoms. The van der Waals surface area contributed by atoms with E-state index in [4.69, 9.17) is 0 Å². The van der Waals surface area contributed by atoms with Gasteiger partial charge in [-0.25, -0.2) is 0 Å². The summed E-state index contributed by atoms with van der Waals surface area (Å²) in [4.78, 5) is 19.2. The Morgan fingerprint density at radius 3 is 2.71 bits per heavy atom. The predicted molar refractivity (Wildman–Crippen MR) is 91.0 cm³/mol. The maximum Gasteiger partial charge on any atom is 0.270 e. The minimum atomic E-state index is -0.539. The first-order valence-corrected chi connectivity index (χ1v) is 7.32. The molecule has 6 heteroatoms. The van der Waals surface area contributed by atoms with Crippen LogP contribution < -0.4 is 5.11 Å². The van der Waals surface area contributed by atoms with E-state index >= 15 is 0 Å². The van der Waals surface area contributed by atoms with Crippen LogP contribution in [0.1, 0.15) is 16.8 Å². The molecule has 0 aliphatic carbocycles. The summed E-state index contributed by atoms with van der Waals surface area (Å²) in [6.07, 6.45) is 1.35. The molecule has 120 valence electrons. The van der Waals surface area contributed by atoms with Crippen LogP contribution >= 0.6 is 0 Å². The van der Waals surface area contributed by atoms with Crippen molar-refractivity contribution in [3.8, 4) is 5.75 Å². The Balaban J connectivity index is 2.09. The van der Waals surface area contributed by atoms with Crippen molar-refractivity contribution in [2.45, 2.75) is 13.8 Å². The summed E-state index contributed by atoms with van der Waals surface area (Å²) in [5, 5.41) is 23.7. The maximum absolute atomic E-state index is 11.9. The highest BCUT2D eigenvalue weighted by atomic mass is 16.6. The molecule has 0 amide bonds. The fourth-order valence-corrected chi connectivity index (χ4v) is 2.56. The quantitative estimate of drug-likeness (QED) is 0.419. The van der Waals surface area contributed by atoms with Crippen LogP contribution in [0.25, 0.3) is 10.9 Å². The molecule has 0 fully saturated rings. The van der Waals surface area contributed by atoms with Gasteiger partial charge in [-0.1, -0.05) is 23.9 Å². The number of hydrogen-bond acceptors (Lipinski definition) is 5. The molecule has 0 unspecified atom stereocenters. The van der Waals surface area contributed by atoms with E-state index in [2.05, 4.69) is 9.98 Å². The Morgan fingerprint density at radius 1 is 1.17 bits per heavy atom.